The van der Waals surface area contributed by atoms with E-state index in [-0.39, 0.29) is 29.5 Å². The Balaban J connectivity index is 1.99. The SMILES string of the molecule is O=C(CN1CCCCC1=O)Nc1c[nH]cc(Br)c1=O. The van der Waals surface area contributed by atoms with Crippen LogP contribution in [0.5, 0.6) is 0 Å². The number of carbonyl (C=O) groups is 2. The number of amides is 2. The van der Waals surface area contributed by atoms with Gasteiger partial charge in [0.25, 0.3) is 0 Å². The fourth-order valence-corrected chi connectivity index (χ4v) is 2.29. The molecule has 1 aliphatic rings. The highest BCUT2D eigenvalue weighted by Crippen LogP contribution is 2.10. The molecule has 2 amide bonds. The Morgan fingerprint density at radius 3 is 2.89 bits per heavy atom. The lowest BCUT2D eigenvalue weighted by Crippen LogP contribution is -2.41. The van der Waals surface area contributed by atoms with Crippen molar-refractivity contribution in [2.45, 2.75) is 19.3 Å². The summed E-state index contributed by atoms with van der Waals surface area (Å²) < 4.78 is 0.347. The minimum absolute atomic E-state index is 0.00914. The van der Waals surface area contributed by atoms with E-state index < -0.39 is 0 Å². The molecular formula is C12H14BrN3O3. The second-order valence-electron chi connectivity index (χ2n) is 4.37. The summed E-state index contributed by atoms with van der Waals surface area (Å²) in [6, 6.07) is 0. The number of carbonyl (C=O) groups excluding carboxylic acids is 2. The summed E-state index contributed by atoms with van der Waals surface area (Å²) in [6.07, 6.45) is 5.19. The van der Waals surface area contributed by atoms with Crippen LogP contribution in [0.2, 0.25) is 0 Å². The molecule has 7 heteroatoms. The Hall–Kier alpha value is -1.63. The maximum absolute atomic E-state index is 11.8. The molecule has 2 heterocycles. The number of anilines is 1. The maximum atomic E-state index is 11.8. The zero-order valence-electron chi connectivity index (χ0n) is 10.2. The monoisotopic (exact) mass is 327 g/mol. The van der Waals surface area contributed by atoms with Crippen LogP contribution in [0.15, 0.2) is 21.7 Å². The zero-order valence-corrected chi connectivity index (χ0v) is 11.8. The number of nitrogens with zero attached hydrogens (tertiary/aromatic N) is 1. The van der Waals surface area contributed by atoms with Crippen molar-refractivity contribution in [2.75, 3.05) is 18.4 Å². The van der Waals surface area contributed by atoms with Gasteiger partial charge in [-0.1, -0.05) is 0 Å². The van der Waals surface area contributed by atoms with Crippen molar-refractivity contribution in [1.29, 1.82) is 0 Å². The van der Waals surface area contributed by atoms with Gasteiger partial charge < -0.3 is 15.2 Å². The smallest absolute Gasteiger partial charge is 0.244 e. The Kier molecular flexibility index (Phi) is 4.36. The Morgan fingerprint density at radius 1 is 1.37 bits per heavy atom. The Bertz CT molecular complexity index is 555. The van der Waals surface area contributed by atoms with Crippen molar-refractivity contribution in [3.63, 3.8) is 0 Å². The molecule has 0 spiro atoms. The second kappa shape index (κ2) is 6.01. The summed E-state index contributed by atoms with van der Waals surface area (Å²) in [4.78, 5) is 39.4. The lowest BCUT2D eigenvalue weighted by atomic mass is 10.1. The molecule has 2 N–H and O–H groups in total. The molecule has 0 unspecified atom stereocenters. The number of piperidine rings is 1. The van der Waals surface area contributed by atoms with Crippen molar-refractivity contribution in [2.24, 2.45) is 0 Å². The number of pyridine rings is 1. The Labute approximate surface area is 118 Å². The molecule has 1 saturated heterocycles. The molecule has 0 saturated carbocycles. The van der Waals surface area contributed by atoms with Gasteiger partial charge in [-0.3, -0.25) is 14.4 Å². The lowest BCUT2D eigenvalue weighted by Gasteiger charge is -2.25. The van der Waals surface area contributed by atoms with Crippen molar-refractivity contribution in [3.8, 4) is 0 Å². The van der Waals surface area contributed by atoms with Crippen LogP contribution in [0.3, 0.4) is 0 Å². The summed E-state index contributed by atoms with van der Waals surface area (Å²) in [5.41, 5.74) is -0.124. The molecule has 0 bridgehead atoms. The van der Waals surface area contributed by atoms with E-state index in [0.29, 0.717) is 17.4 Å². The van der Waals surface area contributed by atoms with Crippen LogP contribution < -0.4 is 10.7 Å². The van der Waals surface area contributed by atoms with Crippen LogP contribution >= 0.6 is 15.9 Å². The highest BCUT2D eigenvalue weighted by Gasteiger charge is 2.20. The third kappa shape index (κ3) is 3.44. The molecule has 2 rings (SSSR count). The first kappa shape index (κ1) is 13.8. The van der Waals surface area contributed by atoms with E-state index in [1.165, 1.54) is 17.3 Å². The highest BCUT2D eigenvalue weighted by atomic mass is 79.9. The number of aromatic nitrogens is 1. The first-order chi connectivity index (χ1) is 9.08. The second-order valence-corrected chi connectivity index (χ2v) is 5.22. The van der Waals surface area contributed by atoms with Crippen molar-refractivity contribution >= 4 is 33.4 Å². The molecule has 1 fully saturated rings. The van der Waals surface area contributed by atoms with Gasteiger partial charge in [0.05, 0.1) is 11.0 Å². The average molecular weight is 328 g/mol. The molecule has 1 aromatic heterocycles. The van der Waals surface area contributed by atoms with Crippen LogP contribution in [0.1, 0.15) is 19.3 Å². The minimum atomic E-state index is -0.362. The van der Waals surface area contributed by atoms with Crippen LogP contribution in [-0.4, -0.2) is 34.8 Å². The van der Waals surface area contributed by atoms with Crippen molar-refractivity contribution in [1.82, 2.24) is 9.88 Å². The maximum Gasteiger partial charge on any atom is 0.244 e. The third-order valence-corrected chi connectivity index (χ3v) is 3.52. The van der Waals surface area contributed by atoms with Gasteiger partial charge in [-0.25, -0.2) is 0 Å². The molecule has 1 aliphatic heterocycles. The fraction of sp³-hybridized carbons (Fsp3) is 0.417. The molecule has 0 aromatic carbocycles. The number of H-pyrrole nitrogens is 1. The summed E-state index contributed by atoms with van der Waals surface area (Å²) >= 11 is 3.08. The van der Waals surface area contributed by atoms with Gasteiger partial charge in [0, 0.05) is 25.4 Å². The summed E-state index contributed by atoms with van der Waals surface area (Å²) in [5.74, 6) is -0.372. The highest BCUT2D eigenvalue weighted by molar-refractivity contribution is 9.10. The van der Waals surface area contributed by atoms with Crippen LogP contribution in [0.4, 0.5) is 5.69 Å². The van der Waals surface area contributed by atoms with Crippen molar-refractivity contribution < 1.29 is 9.59 Å². The average Bonchev–Trinajstić information content (AvgIpc) is 2.38. The molecule has 19 heavy (non-hydrogen) atoms. The van der Waals surface area contributed by atoms with E-state index in [1.54, 1.807) is 0 Å². The van der Waals surface area contributed by atoms with Crippen molar-refractivity contribution in [3.05, 3.63) is 27.1 Å². The predicted octanol–water partition coefficient (Wildman–Crippen LogP) is 1.09. The molecule has 0 aliphatic carbocycles. The number of aromatic amines is 1. The van der Waals surface area contributed by atoms with E-state index in [0.717, 1.165) is 12.8 Å². The number of nitrogens with one attached hydrogen (secondary N) is 2. The van der Waals surface area contributed by atoms with E-state index in [9.17, 15) is 14.4 Å². The van der Waals surface area contributed by atoms with E-state index >= 15 is 0 Å². The first-order valence-corrected chi connectivity index (χ1v) is 6.81. The predicted molar refractivity (Wildman–Crippen MR) is 73.8 cm³/mol. The topological polar surface area (TPSA) is 82.3 Å². The Morgan fingerprint density at radius 2 is 2.16 bits per heavy atom. The molecule has 0 atom stereocenters. The molecule has 102 valence electrons. The minimum Gasteiger partial charge on any atom is -0.365 e. The lowest BCUT2D eigenvalue weighted by molar-refractivity contribution is -0.136. The molecule has 6 nitrogen and oxygen atoms in total. The third-order valence-electron chi connectivity index (χ3n) is 2.93. The van der Waals surface area contributed by atoms with E-state index in [4.69, 9.17) is 0 Å². The number of rotatable bonds is 3. The van der Waals surface area contributed by atoms with Gasteiger partial charge in [-0.15, -0.1) is 0 Å². The standard InChI is InChI=1S/C12H14BrN3O3/c13-8-5-14-6-9(12(8)19)15-10(17)7-16-4-2-1-3-11(16)18/h5-6H,1-4,7H2,(H,14,19)(H,15,17). The summed E-state index contributed by atoms with van der Waals surface area (Å²) in [5, 5.41) is 2.51. The summed E-state index contributed by atoms with van der Waals surface area (Å²) in [7, 11) is 0. The quantitative estimate of drug-likeness (QED) is 0.871. The van der Waals surface area contributed by atoms with Gasteiger partial charge in [0.15, 0.2) is 0 Å². The van der Waals surface area contributed by atoms with Crippen LogP contribution in [0.25, 0.3) is 0 Å². The molecule has 1 aromatic rings. The van der Waals surface area contributed by atoms with E-state index in [2.05, 4.69) is 26.2 Å². The molecule has 0 radical (unpaired) electrons. The van der Waals surface area contributed by atoms with Gasteiger partial charge in [0.2, 0.25) is 17.2 Å². The van der Waals surface area contributed by atoms with Crippen LogP contribution in [-0.2, 0) is 9.59 Å². The van der Waals surface area contributed by atoms with Gasteiger partial charge in [-0.2, -0.15) is 0 Å². The number of hydrogen-bond acceptors (Lipinski definition) is 3. The summed E-state index contributed by atoms with van der Waals surface area (Å²) in [6.45, 7) is 0.589. The molecular weight excluding hydrogens is 314 g/mol. The largest absolute Gasteiger partial charge is 0.365 e. The van der Waals surface area contributed by atoms with Gasteiger partial charge in [0.1, 0.15) is 5.69 Å². The van der Waals surface area contributed by atoms with Gasteiger partial charge >= 0.3 is 0 Å². The van der Waals surface area contributed by atoms with Crippen LogP contribution in [0, 0.1) is 0 Å². The zero-order chi connectivity index (χ0) is 13.8. The first-order valence-electron chi connectivity index (χ1n) is 6.02. The number of halogens is 1. The van der Waals surface area contributed by atoms with Gasteiger partial charge in [-0.05, 0) is 28.8 Å². The normalized spacial score (nSPS) is 15.4. The number of likely N-dealkylation sites (tertiary alicyclic amines) is 1. The fourth-order valence-electron chi connectivity index (χ4n) is 1.94. The number of hydrogen-bond donors (Lipinski definition) is 2. The van der Waals surface area contributed by atoms with E-state index in [1.807, 2.05) is 0 Å².